The molecule has 0 heterocycles. The summed E-state index contributed by atoms with van der Waals surface area (Å²) in [4.78, 5) is 0. The molecule has 92 valence electrons. The summed E-state index contributed by atoms with van der Waals surface area (Å²) in [6.45, 7) is 2.02. The summed E-state index contributed by atoms with van der Waals surface area (Å²) in [6, 6.07) is 15.0. The first-order chi connectivity index (χ1) is 8.64. The number of phenols is 1. The predicted molar refractivity (Wildman–Crippen MR) is 70.4 cm³/mol. The average Bonchev–Trinajstić information content (AvgIpc) is 2.63. The number of benzene rings is 2. The van der Waals surface area contributed by atoms with Crippen LogP contribution in [0.1, 0.15) is 23.6 Å². The number of hydrogen-bond acceptors (Lipinski definition) is 2. The van der Waals surface area contributed by atoms with Crippen molar-refractivity contribution in [2.75, 3.05) is 0 Å². The number of fused-ring (bicyclic) bond motifs is 1. The van der Waals surface area contributed by atoms with E-state index in [4.69, 9.17) is 0 Å². The van der Waals surface area contributed by atoms with Crippen molar-refractivity contribution in [2.24, 2.45) is 5.92 Å². The lowest BCUT2D eigenvalue weighted by atomic mass is 9.81. The van der Waals surface area contributed by atoms with Gasteiger partial charge in [0.1, 0.15) is 11.4 Å². The van der Waals surface area contributed by atoms with E-state index in [0.29, 0.717) is 5.56 Å². The van der Waals surface area contributed by atoms with Crippen molar-refractivity contribution in [2.45, 2.75) is 18.9 Å². The molecule has 1 aliphatic carbocycles. The summed E-state index contributed by atoms with van der Waals surface area (Å²) in [5, 5.41) is 21.1. The van der Waals surface area contributed by atoms with E-state index in [0.717, 1.165) is 17.5 Å². The van der Waals surface area contributed by atoms with Crippen LogP contribution in [0.5, 0.6) is 5.75 Å². The third-order valence-electron chi connectivity index (χ3n) is 3.98. The Balaban J connectivity index is 2.24. The van der Waals surface area contributed by atoms with E-state index in [2.05, 4.69) is 0 Å². The third kappa shape index (κ3) is 1.39. The first-order valence-corrected chi connectivity index (χ1v) is 6.23. The Kier molecular flexibility index (Phi) is 2.42. The fraction of sp³-hybridized carbons (Fsp3) is 0.250. The van der Waals surface area contributed by atoms with Crippen molar-refractivity contribution < 1.29 is 10.2 Å². The molecule has 2 aromatic rings. The van der Waals surface area contributed by atoms with E-state index in [1.807, 2.05) is 37.3 Å². The van der Waals surface area contributed by atoms with Crippen molar-refractivity contribution in [3.63, 3.8) is 0 Å². The normalized spacial score (nSPS) is 26.0. The van der Waals surface area contributed by atoms with E-state index < -0.39 is 5.60 Å². The molecule has 0 aliphatic heterocycles. The first kappa shape index (κ1) is 11.3. The Morgan fingerprint density at radius 2 is 1.61 bits per heavy atom. The van der Waals surface area contributed by atoms with Gasteiger partial charge in [0.2, 0.25) is 0 Å². The van der Waals surface area contributed by atoms with Gasteiger partial charge in [-0.3, -0.25) is 0 Å². The van der Waals surface area contributed by atoms with Gasteiger partial charge < -0.3 is 10.2 Å². The van der Waals surface area contributed by atoms with Crippen LogP contribution >= 0.6 is 0 Å². The quantitative estimate of drug-likeness (QED) is 0.804. The van der Waals surface area contributed by atoms with E-state index in [9.17, 15) is 10.2 Å². The molecule has 2 unspecified atom stereocenters. The minimum absolute atomic E-state index is 0.0585. The van der Waals surface area contributed by atoms with Crippen LogP contribution in [0.4, 0.5) is 0 Å². The van der Waals surface area contributed by atoms with Gasteiger partial charge in [-0.25, -0.2) is 0 Å². The minimum Gasteiger partial charge on any atom is -0.508 e. The number of para-hydroxylation sites is 1. The standard InChI is InChI=1S/C16H16O2/c1-11-10-12-6-2-3-7-13(12)16(11,18)14-8-4-5-9-15(14)17/h2-9,11,17-18H,10H2,1H3. The highest BCUT2D eigenvalue weighted by Crippen LogP contribution is 2.48. The SMILES string of the molecule is CC1Cc2ccccc2C1(O)c1ccccc1O. The molecule has 0 fully saturated rings. The van der Waals surface area contributed by atoms with Gasteiger partial charge in [0, 0.05) is 5.56 Å². The van der Waals surface area contributed by atoms with Gasteiger partial charge in [0.15, 0.2) is 0 Å². The Labute approximate surface area is 107 Å². The van der Waals surface area contributed by atoms with Crippen LogP contribution in [-0.2, 0) is 12.0 Å². The van der Waals surface area contributed by atoms with Crippen LogP contribution in [0.15, 0.2) is 48.5 Å². The molecule has 0 radical (unpaired) electrons. The van der Waals surface area contributed by atoms with Crippen LogP contribution in [-0.4, -0.2) is 10.2 Å². The zero-order valence-electron chi connectivity index (χ0n) is 10.3. The molecule has 2 aromatic carbocycles. The molecule has 2 atom stereocenters. The second-order valence-electron chi connectivity index (χ2n) is 5.05. The van der Waals surface area contributed by atoms with Crippen LogP contribution in [0.2, 0.25) is 0 Å². The Bertz CT molecular complexity index is 591. The lowest BCUT2D eigenvalue weighted by Crippen LogP contribution is -2.31. The highest BCUT2D eigenvalue weighted by molar-refractivity contribution is 5.50. The smallest absolute Gasteiger partial charge is 0.122 e. The fourth-order valence-electron chi connectivity index (χ4n) is 3.02. The Morgan fingerprint density at radius 1 is 1.00 bits per heavy atom. The number of hydrogen-bond donors (Lipinski definition) is 2. The average molecular weight is 240 g/mol. The molecule has 1 aliphatic rings. The van der Waals surface area contributed by atoms with Crippen LogP contribution < -0.4 is 0 Å². The second kappa shape index (κ2) is 3.85. The van der Waals surface area contributed by atoms with E-state index in [1.54, 1.807) is 18.2 Å². The Morgan fingerprint density at radius 3 is 2.33 bits per heavy atom. The topological polar surface area (TPSA) is 40.5 Å². The van der Waals surface area contributed by atoms with Crippen molar-refractivity contribution in [1.82, 2.24) is 0 Å². The third-order valence-corrected chi connectivity index (χ3v) is 3.98. The fourth-order valence-corrected chi connectivity index (χ4v) is 3.02. The highest BCUT2D eigenvalue weighted by Gasteiger charge is 2.45. The maximum Gasteiger partial charge on any atom is 0.122 e. The molecule has 2 N–H and O–H groups in total. The number of rotatable bonds is 1. The summed E-state index contributed by atoms with van der Waals surface area (Å²) in [5.74, 6) is 0.215. The molecule has 0 spiro atoms. The molecule has 0 amide bonds. The molecule has 0 aromatic heterocycles. The summed E-state index contributed by atoms with van der Waals surface area (Å²) in [6.07, 6.45) is 0.834. The molecule has 2 heteroatoms. The summed E-state index contributed by atoms with van der Waals surface area (Å²) >= 11 is 0. The van der Waals surface area contributed by atoms with Gasteiger partial charge in [-0.1, -0.05) is 49.4 Å². The zero-order chi connectivity index (χ0) is 12.8. The largest absolute Gasteiger partial charge is 0.508 e. The maximum atomic E-state index is 11.1. The predicted octanol–water partition coefficient (Wildman–Crippen LogP) is 2.82. The second-order valence-corrected chi connectivity index (χ2v) is 5.05. The Hall–Kier alpha value is -1.80. The molecule has 0 bridgehead atoms. The monoisotopic (exact) mass is 240 g/mol. The molecular weight excluding hydrogens is 224 g/mol. The zero-order valence-corrected chi connectivity index (χ0v) is 10.3. The van der Waals surface area contributed by atoms with Gasteiger partial charge in [0.05, 0.1) is 0 Å². The van der Waals surface area contributed by atoms with Crippen LogP contribution in [0.25, 0.3) is 0 Å². The van der Waals surface area contributed by atoms with Gasteiger partial charge in [-0.05, 0) is 29.5 Å². The first-order valence-electron chi connectivity index (χ1n) is 6.23. The van der Waals surface area contributed by atoms with Gasteiger partial charge >= 0.3 is 0 Å². The van der Waals surface area contributed by atoms with Crippen molar-refractivity contribution in [3.8, 4) is 5.75 Å². The summed E-state index contributed by atoms with van der Waals surface area (Å²) in [7, 11) is 0. The van der Waals surface area contributed by atoms with Gasteiger partial charge in [0.25, 0.3) is 0 Å². The molecule has 18 heavy (non-hydrogen) atoms. The lowest BCUT2D eigenvalue weighted by molar-refractivity contribution is 0.0357. The van der Waals surface area contributed by atoms with Crippen molar-refractivity contribution in [3.05, 3.63) is 65.2 Å². The van der Waals surface area contributed by atoms with Crippen molar-refractivity contribution >= 4 is 0 Å². The van der Waals surface area contributed by atoms with E-state index >= 15 is 0 Å². The molecule has 2 nitrogen and oxygen atoms in total. The summed E-state index contributed by atoms with van der Waals surface area (Å²) in [5.41, 5.74) is 1.60. The van der Waals surface area contributed by atoms with E-state index in [-0.39, 0.29) is 11.7 Å². The van der Waals surface area contributed by atoms with Crippen LogP contribution in [0.3, 0.4) is 0 Å². The van der Waals surface area contributed by atoms with Crippen LogP contribution in [0, 0.1) is 5.92 Å². The van der Waals surface area contributed by atoms with Gasteiger partial charge in [-0.2, -0.15) is 0 Å². The maximum absolute atomic E-state index is 11.1. The van der Waals surface area contributed by atoms with E-state index in [1.165, 1.54) is 0 Å². The lowest BCUT2D eigenvalue weighted by Gasteiger charge is -2.30. The van der Waals surface area contributed by atoms with Crippen molar-refractivity contribution in [1.29, 1.82) is 0 Å². The minimum atomic E-state index is -1.08. The number of aromatic hydroxyl groups is 1. The molecule has 0 saturated heterocycles. The highest BCUT2D eigenvalue weighted by atomic mass is 16.3. The molecule has 3 rings (SSSR count). The summed E-state index contributed by atoms with van der Waals surface area (Å²) < 4.78 is 0. The van der Waals surface area contributed by atoms with Gasteiger partial charge in [-0.15, -0.1) is 0 Å². The number of phenolic OH excluding ortho intramolecular Hbond substituents is 1. The molecule has 0 saturated carbocycles. The molecular formula is C16H16O2. The number of aliphatic hydroxyl groups is 1.